The molecule has 0 bridgehead atoms. The van der Waals surface area contributed by atoms with E-state index < -0.39 is 0 Å². The van der Waals surface area contributed by atoms with Crippen molar-refractivity contribution in [2.75, 3.05) is 0 Å². The molecule has 0 saturated carbocycles. The summed E-state index contributed by atoms with van der Waals surface area (Å²) in [7, 11) is 0. The Bertz CT molecular complexity index is 484. The van der Waals surface area contributed by atoms with E-state index in [1.807, 2.05) is 6.92 Å². The standard InChI is InChI=1S/C24H42O2/c1-9-11-12-21(10-2)25-19(5)26-22-15-13-20(14-16-22)23(17-18(3)4)24(6,7)8/h13-16,18-19,21,23H,9-12,17H2,1-8H3. The molecule has 0 saturated heterocycles. The Hall–Kier alpha value is -1.02. The highest BCUT2D eigenvalue weighted by Crippen LogP contribution is 2.40. The first kappa shape index (κ1) is 23.0. The molecule has 0 spiro atoms. The van der Waals surface area contributed by atoms with E-state index in [1.165, 1.54) is 24.8 Å². The van der Waals surface area contributed by atoms with Crippen LogP contribution >= 0.6 is 0 Å². The lowest BCUT2D eigenvalue weighted by molar-refractivity contribution is -0.111. The second kappa shape index (κ2) is 11.0. The molecule has 0 N–H and O–H groups in total. The minimum absolute atomic E-state index is 0.211. The zero-order valence-electron chi connectivity index (χ0n) is 18.5. The first-order chi connectivity index (χ1) is 12.2. The summed E-state index contributed by atoms with van der Waals surface area (Å²) >= 11 is 0. The van der Waals surface area contributed by atoms with E-state index in [0.717, 1.165) is 18.6 Å². The molecular weight excluding hydrogens is 320 g/mol. The molecule has 2 nitrogen and oxygen atoms in total. The van der Waals surface area contributed by atoms with Gasteiger partial charge < -0.3 is 9.47 Å². The van der Waals surface area contributed by atoms with E-state index in [1.54, 1.807) is 0 Å². The third-order valence-electron chi connectivity index (χ3n) is 5.06. The number of hydrogen-bond donors (Lipinski definition) is 0. The van der Waals surface area contributed by atoms with Gasteiger partial charge in [-0.2, -0.15) is 0 Å². The van der Waals surface area contributed by atoms with Crippen molar-refractivity contribution in [3.63, 3.8) is 0 Å². The Labute approximate surface area is 162 Å². The lowest BCUT2D eigenvalue weighted by Gasteiger charge is -2.33. The third kappa shape index (κ3) is 8.12. The smallest absolute Gasteiger partial charge is 0.197 e. The van der Waals surface area contributed by atoms with Crippen molar-refractivity contribution in [3.8, 4) is 5.75 Å². The molecule has 0 aliphatic rings. The number of benzene rings is 1. The van der Waals surface area contributed by atoms with Crippen molar-refractivity contribution >= 4 is 0 Å². The summed E-state index contributed by atoms with van der Waals surface area (Å²) in [5.74, 6) is 2.14. The predicted molar refractivity (Wildman–Crippen MR) is 113 cm³/mol. The van der Waals surface area contributed by atoms with Crippen molar-refractivity contribution in [2.24, 2.45) is 11.3 Å². The SMILES string of the molecule is CCCCC(CC)OC(C)Oc1ccc(C(CC(C)C)C(C)(C)C)cc1. The van der Waals surface area contributed by atoms with Gasteiger partial charge in [0.2, 0.25) is 0 Å². The fraction of sp³-hybridized carbons (Fsp3) is 0.750. The van der Waals surface area contributed by atoms with Crippen LogP contribution in [0, 0.1) is 11.3 Å². The summed E-state index contributed by atoms with van der Waals surface area (Å²) in [4.78, 5) is 0. The van der Waals surface area contributed by atoms with Crippen LogP contribution < -0.4 is 4.74 Å². The first-order valence-corrected chi connectivity index (χ1v) is 10.6. The summed E-state index contributed by atoms with van der Waals surface area (Å²) < 4.78 is 12.1. The van der Waals surface area contributed by atoms with Gasteiger partial charge in [-0.25, -0.2) is 0 Å². The van der Waals surface area contributed by atoms with Gasteiger partial charge in [0.1, 0.15) is 5.75 Å². The molecule has 0 aromatic heterocycles. The van der Waals surface area contributed by atoms with Crippen molar-refractivity contribution in [1.82, 2.24) is 0 Å². The van der Waals surface area contributed by atoms with Gasteiger partial charge in [0, 0.05) is 0 Å². The molecule has 2 heteroatoms. The van der Waals surface area contributed by atoms with Crippen LogP contribution in [0.5, 0.6) is 5.75 Å². The van der Waals surface area contributed by atoms with Gasteiger partial charge in [0.25, 0.3) is 0 Å². The Morgan fingerprint density at radius 1 is 0.962 bits per heavy atom. The van der Waals surface area contributed by atoms with Gasteiger partial charge in [0.05, 0.1) is 6.10 Å². The minimum Gasteiger partial charge on any atom is -0.465 e. The summed E-state index contributed by atoms with van der Waals surface area (Å²) in [6.45, 7) is 18.0. The molecule has 150 valence electrons. The van der Waals surface area contributed by atoms with Crippen LogP contribution in [-0.4, -0.2) is 12.4 Å². The monoisotopic (exact) mass is 362 g/mol. The maximum atomic E-state index is 6.07. The maximum Gasteiger partial charge on any atom is 0.197 e. The van der Waals surface area contributed by atoms with Crippen LogP contribution in [0.25, 0.3) is 0 Å². The van der Waals surface area contributed by atoms with Gasteiger partial charge in [-0.3, -0.25) is 0 Å². The van der Waals surface area contributed by atoms with E-state index >= 15 is 0 Å². The van der Waals surface area contributed by atoms with Gasteiger partial charge in [0.15, 0.2) is 6.29 Å². The van der Waals surface area contributed by atoms with E-state index in [9.17, 15) is 0 Å². The van der Waals surface area contributed by atoms with E-state index in [4.69, 9.17) is 9.47 Å². The normalized spacial score (nSPS) is 15.7. The molecule has 1 aromatic carbocycles. The molecule has 0 aliphatic carbocycles. The Kier molecular flexibility index (Phi) is 9.71. The van der Waals surface area contributed by atoms with Crippen LogP contribution in [0.4, 0.5) is 0 Å². The number of hydrogen-bond acceptors (Lipinski definition) is 2. The van der Waals surface area contributed by atoms with Crippen LogP contribution in [0.2, 0.25) is 0 Å². The summed E-state index contributed by atoms with van der Waals surface area (Å²) in [5.41, 5.74) is 1.66. The van der Waals surface area contributed by atoms with Crippen molar-refractivity contribution in [3.05, 3.63) is 29.8 Å². The topological polar surface area (TPSA) is 18.5 Å². The molecule has 3 unspecified atom stereocenters. The lowest BCUT2D eigenvalue weighted by atomic mass is 9.72. The molecule has 0 heterocycles. The van der Waals surface area contributed by atoms with E-state index in [2.05, 4.69) is 72.7 Å². The largest absolute Gasteiger partial charge is 0.465 e. The van der Waals surface area contributed by atoms with E-state index in [-0.39, 0.29) is 11.7 Å². The highest BCUT2D eigenvalue weighted by Gasteiger charge is 2.27. The summed E-state index contributed by atoms with van der Waals surface area (Å²) in [6, 6.07) is 8.66. The van der Waals surface area contributed by atoms with Gasteiger partial charge in [-0.05, 0) is 61.1 Å². The molecule has 0 amide bonds. The molecule has 1 aromatic rings. The van der Waals surface area contributed by atoms with Crippen LogP contribution in [-0.2, 0) is 4.74 Å². The number of rotatable bonds is 11. The average molecular weight is 363 g/mol. The number of ether oxygens (including phenoxy) is 2. The van der Waals surface area contributed by atoms with E-state index in [0.29, 0.717) is 17.9 Å². The molecular formula is C24H42O2. The Balaban J connectivity index is 2.70. The van der Waals surface area contributed by atoms with Crippen molar-refractivity contribution in [1.29, 1.82) is 0 Å². The Morgan fingerprint density at radius 2 is 1.58 bits per heavy atom. The summed E-state index contributed by atoms with van der Waals surface area (Å²) in [5, 5.41) is 0. The maximum absolute atomic E-state index is 6.07. The zero-order chi connectivity index (χ0) is 19.7. The highest BCUT2D eigenvalue weighted by atomic mass is 16.7. The molecule has 0 radical (unpaired) electrons. The molecule has 26 heavy (non-hydrogen) atoms. The Morgan fingerprint density at radius 3 is 2.04 bits per heavy atom. The minimum atomic E-state index is -0.211. The molecule has 0 fully saturated rings. The third-order valence-corrected chi connectivity index (χ3v) is 5.06. The predicted octanol–water partition coefficient (Wildman–Crippen LogP) is 7.57. The summed E-state index contributed by atoms with van der Waals surface area (Å²) in [6.07, 6.45) is 5.86. The fourth-order valence-electron chi connectivity index (χ4n) is 3.53. The second-order valence-electron chi connectivity index (χ2n) is 9.11. The van der Waals surface area contributed by atoms with Gasteiger partial charge >= 0.3 is 0 Å². The quantitative estimate of drug-likeness (QED) is 0.378. The molecule has 0 aliphatic heterocycles. The van der Waals surface area contributed by atoms with Gasteiger partial charge in [-0.1, -0.05) is 73.4 Å². The van der Waals surface area contributed by atoms with Crippen LogP contribution in [0.1, 0.15) is 99.0 Å². The van der Waals surface area contributed by atoms with Gasteiger partial charge in [-0.15, -0.1) is 0 Å². The lowest BCUT2D eigenvalue weighted by Crippen LogP contribution is -2.24. The van der Waals surface area contributed by atoms with Crippen molar-refractivity contribution < 1.29 is 9.47 Å². The fourth-order valence-corrected chi connectivity index (χ4v) is 3.53. The van der Waals surface area contributed by atoms with Crippen LogP contribution in [0.3, 0.4) is 0 Å². The average Bonchev–Trinajstić information content (AvgIpc) is 2.56. The first-order valence-electron chi connectivity index (χ1n) is 10.6. The van der Waals surface area contributed by atoms with Crippen molar-refractivity contribution in [2.45, 2.75) is 106 Å². The highest BCUT2D eigenvalue weighted by molar-refractivity contribution is 5.30. The van der Waals surface area contributed by atoms with Crippen LogP contribution in [0.15, 0.2) is 24.3 Å². The number of unbranched alkanes of at least 4 members (excludes halogenated alkanes) is 1. The second-order valence-corrected chi connectivity index (χ2v) is 9.11. The zero-order valence-corrected chi connectivity index (χ0v) is 18.5. The molecule has 3 atom stereocenters. The molecule has 1 rings (SSSR count).